The van der Waals surface area contributed by atoms with Gasteiger partial charge in [-0.2, -0.15) is 0 Å². The smallest absolute Gasteiger partial charge is 0.326 e. The number of carbonyl (C=O) groups is 3. The maximum atomic E-state index is 12.6. The number of carbonyl (C=O) groups excluding carboxylic acids is 2. The molecule has 7 heteroatoms. The van der Waals surface area contributed by atoms with Crippen LogP contribution in [-0.2, 0) is 19.1 Å². The van der Waals surface area contributed by atoms with Crippen LogP contribution in [-0.4, -0.2) is 41.6 Å². The molecule has 7 nitrogen and oxygen atoms in total. The summed E-state index contributed by atoms with van der Waals surface area (Å²) in [5.74, 6) is -1.43. The zero-order chi connectivity index (χ0) is 36.8. The lowest BCUT2D eigenvalue weighted by atomic mass is 10.1. The van der Waals surface area contributed by atoms with Crippen molar-refractivity contribution in [2.24, 2.45) is 5.73 Å². The predicted molar refractivity (Wildman–Crippen MR) is 211 cm³/mol. The van der Waals surface area contributed by atoms with E-state index in [-0.39, 0.29) is 18.0 Å². The molecule has 0 aromatic heterocycles. The fraction of sp³-hybridized carbons (Fsp3) is 0.605. The SMILES string of the molecule is CC/C=C\C/C=C\C/C=C\C/C=C\CCCCCCCCC(=O)OC(/C=C\C/C=C\CC)/C=C\CCCCCC(=O)NC(CCCN)C(=O)O. The summed E-state index contributed by atoms with van der Waals surface area (Å²) < 4.78 is 5.77. The Hall–Kier alpha value is -3.45. The number of nitrogens with two attached hydrogens (primary N) is 1. The number of ether oxygens (including phenoxy) is 1. The van der Waals surface area contributed by atoms with E-state index < -0.39 is 12.0 Å². The van der Waals surface area contributed by atoms with Crippen LogP contribution in [0.1, 0.15) is 149 Å². The normalized spacial score (nSPS) is 13.7. The van der Waals surface area contributed by atoms with Gasteiger partial charge in [-0.05, 0) is 109 Å². The summed E-state index contributed by atoms with van der Waals surface area (Å²) in [6.45, 7) is 4.65. The van der Waals surface area contributed by atoms with Crippen LogP contribution >= 0.6 is 0 Å². The standard InChI is InChI=1S/C43H70N2O5/c1-3-5-7-9-10-11-12-13-14-15-16-17-18-19-20-21-22-27-31-37-42(47)50-39(33-28-24-8-6-4-2)34-29-25-23-26-30-36-41(46)45-40(43(48)49)35-32-38-44/h5-8,10-11,13-14,16-17,28-29,33-34,39-40H,3-4,9,12,15,18-27,30-32,35-38,44H2,1-2H3,(H,45,46)(H,48,49)/b7-5-,8-6-,11-10-,14-13-,17-16-,33-28-,34-29-. The lowest BCUT2D eigenvalue weighted by Gasteiger charge is -2.13. The first kappa shape index (κ1) is 46.5. The van der Waals surface area contributed by atoms with Crippen LogP contribution < -0.4 is 11.1 Å². The first-order valence-corrected chi connectivity index (χ1v) is 19.4. The highest BCUT2D eigenvalue weighted by atomic mass is 16.5. The fourth-order valence-electron chi connectivity index (χ4n) is 5.04. The number of amides is 1. The second-order valence-electron chi connectivity index (χ2n) is 12.6. The topological polar surface area (TPSA) is 119 Å². The number of hydrogen-bond acceptors (Lipinski definition) is 5. The number of carboxylic acids is 1. The first-order chi connectivity index (χ1) is 24.4. The number of rotatable bonds is 33. The van der Waals surface area contributed by atoms with Gasteiger partial charge in [-0.15, -0.1) is 0 Å². The van der Waals surface area contributed by atoms with Gasteiger partial charge in [-0.25, -0.2) is 4.79 Å². The van der Waals surface area contributed by atoms with Crippen LogP contribution in [0.5, 0.6) is 0 Å². The molecule has 50 heavy (non-hydrogen) atoms. The fourth-order valence-corrected chi connectivity index (χ4v) is 5.04. The number of hydrogen-bond donors (Lipinski definition) is 3. The van der Waals surface area contributed by atoms with Crippen molar-refractivity contribution >= 4 is 17.8 Å². The molecule has 0 fully saturated rings. The van der Waals surface area contributed by atoms with Crippen molar-refractivity contribution in [3.63, 3.8) is 0 Å². The average molecular weight is 695 g/mol. The number of allylic oxidation sites excluding steroid dienone is 12. The molecule has 0 heterocycles. The Balaban J connectivity index is 4.22. The van der Waals surface area contributed by atoms with Crippen LogP contribution in [0.25, 0.3) is 0 Å². The number of carboxylic acid groups (broad SMARTS) is 1. The molecule has 4 N–H and O–H groups in total. The van der Waals surface area contributed by atoms with E-state index in [4.69, 9.17) is 10.5 Å². The quantitative estimate of drug-likeness (QED) is 0.0357. The second-order valence-corrected chi connectivity index (χ2v) is 12.6. The van der Waals surface area contributed by atoms with E-state index in [0.717, 1.165) is 83.5 Å². The maximum Gasteiger partial charge on any atom is 0.326 e. The highest BCUT2D eigenvalue weighted by Gasteiger charge is 2.18. The molecular formula is C43H70N2O5. The largest absolute Gasteiger partial charge is 0.480 e. The molecule has 0 aliphatic heterocycles. The van der Waals surface area contributed by atoms with Crippen LogP contribution in [0.2, 0.25) is 0 Å². The zero-order valence-corrected chi connectivity index (χ0v) is 31.5. The predicted octanol–water partition coefficient (Wildman–Crippen LogP) is 10.6. The van der Waals surface area contributed by atoms with Crippen molar-refractivity contribution in [3.8, 4) is 0 Å². The molecule has 0 rings (SSSR count). The van der Waals surface area contributed by atoms with Crippen LogP contribution in [0.15, 0.2) is 85.1 Å². The summed E-state index contributed by atoms with van der Waals surface area (Å²) >= 11 is 0. The van der Waals surface area contributed by atoms with Crippen molar-refractivity contribution in [1.82, 2.24) is 5.32 Å². The third-order valence-corrected chi connectivity index (χ3v) is 7.92. The van der Waals surface area contributed by atoms with Gasteiger partial charge >= 0.3 is 11.9 Å². The van der Waals surface area contributed by atoms with Crippen molar-refractivity contribution in [2.45, 2.75) is 161 Å². The van der Waals surface area contributed by atoms with Gasteiger partial charge in [0.1, 0.15) is 12.1 Å². The van der Waals surface area contributed by atoms with E-state index in [1.807, 2.05) is 24.3 Å². The zero-order valence-electron chi connectivity index (χ0n) is 31.5. The van der Waals surface area contributed by atoms with E-state index in [1.54, 1.807) is 0 Å². The Morgan fingerprint density at radius 3 is 1.68 bits per heavy atom. The summed E-state index contributed by atoms with van der Waals surface area (Å²) in [6.07, 6.45) is 48.2. The minimum absolute atomic E-state index is 0.162. The van der Waals surface area contributed by atoms with Crippen molar-refractivity contribution in [2.75, 3.05) is 6.54 Å². The van der Waals surface area contributed by atoms with E-state index in [9.17, 15) is 19.5 Å². The molecule has 0 radical (unpaired) electrons. The average Bonchev–Trinajstić information content (AvgIpc) is 3.10. The van der Waals surface area contributed by atoms with Crippen LogP contribution in [0, 0.1) is 0 Å². The molecule has 2 atom stereocenters. The van der Waals surface area contributed by atoms with E-state index in [0.29, 0.717) is 38.6 Å². The van der Waals surface area contributed by atoms with Gasteiger partial charge in [0.2, 0.25) is 5.91 Å². The maximum absolute atomic E-state index is 12.6. The van der Waals surface area contributed by atoms with E-state index in [1.165, 1.54) is 19.3 Å². The number of nitrogens with one attached hydrogen (secondary N) is 1. The first-order valence-electron chi connectivity index (χ1n) is 19.4. The van der Waals surface area contributed by atoms with Crippen LogP contribution in [0.4, 0.5) is 0 Å². The summed E-state index contributed by atoms with van der Waals surface area (Å²) in [5, 5.41) is 11.8. The van der Waals surface area contributed by atoms with Gasteiger partial charge in [-0.1, -0.05) is 119 Å². The number of esters is 1. The summed E-state index contributed by atoms with van der Waals surface area (Å²) in [7, 11) is 0. The van der Waals surface area contributed by atoms with Gasteiger partial charge in [-0.3, -0.25) is 9.59 Å². The Bertz CT molecular complexity index is 1050. The van der Waals surface area contributed by atoms with E-state index in [2.05, 4.69) is 79.9 Å². The van der Waals surface area contributed by atoms with Crippen molar-refractivity contribution < 1.29 is 24.2 Å². The van der Waals surface area contributed by atoms with Gasteiger partial charge in [0.05, 0.1) is 0 Å². The van der Waals surface area contributed by atoms with Gasteiger partial charge in [0, 0.05) is 12.8 Å². The molecule has 1 amide bonds. The van der Waals surface area contributed by atoms with Gasteiger partial charge in [0.15, 0.2) is 0 Å². The summed E-state index contributed by atoms with van der Waals surface area (Å²) in [5.41, 5.74) is 5.45. The molecule has 0 aliphatic rings. The Morgan fingerprint density at radius 2 is 1.08 bits per heavy atom. The van der Waals surface area contributed by atoms with Crippen molar-refractivity contribution in [1.29, 1.82) is 0 Å². The molecule has 0 saturated heterocycles. The summed E-state index contributed by atoms with van der Waals surface area (Å²) in [4.78, 5) is 36.0. The monoisotopic (exact) mass is 695 g/mol. The third kappa shape index (κ3) is 33.1. The molecule has 282 valence electrons. The van der Waals surface area contributed by atoms with E-state index >= 15 is 0 Å². The molecule has 0 aliphatic carbocycles. The minimum Gasteiger partial charge on any atom is -0.480 e. The molecule has 0 saturated carbocycles. The minimum atomic E-state index is -1.03. The highest BCUT2D eigenvalue weighted by Crippen LogP contribution is 2.12. The van der Waals surface area contributed by atoms with Gasteiger partial charge < -0.3 is 20.9 Å². The Labute approximate surface area is 305 Å². The molecular weight excluding hydrogens is 624 g/mol. The Kier molecular flexibility index (Phi) is 34.3. The van der Waals surface area contributed by atoms with Crippen molar-refractivity contribution in [3.05, 3.63) is 85.1 Å². The second kappa shape index (κ2) is 36.8. The van der Waals surface area contributed by atoms with Gasteiger partial charge in [0.25, 0.3) is 0 Å². The van der Waals surface area contributed by atoms with Crippen LogP contribution in [0.3, 0.4) is 0 Å². The lowest BCUT2D eigenvalue weighted by molar-refractivity contribution is -0.145. The number of aliphatic carboxylic acids is 1. The molecule has 0 bridgehead atoms. The summed E-state index contributed by atoms with van der Waals surface area (Å²) in [6, 6.07) is -0.878. The highest BCUT2D eigenvalue weighted by molar-refractivity contribution is 5.83. The Morgan fingerprint density at radius 1 is 0.600 bits per heavy atom. The lowest BCUT2D eigenvalue weighted by Crippen LogP contribution is -2.40. The number of unbranched alkanes of at least 4 members (excludes halogenated alkanes) is 9. The molecule has 2 unspecified atom stereocenters. The molecule has 0 aromatic rings. The molecule has 0 spiro atoms. The third-order valence-electron chi connectivity index (χ3n) is 7.92. The molecule has 0 aromatic carbocycles.